The largest absolute Gasteiger partial charge is 0.369 e. The van der Waals surface area contributed by atoms with Crippen LogP contribution in [0.25, 0.3) is 0 Å². The van der Waals surface area contributed by atoms with Gasteiger partial charge in [-0.15, -0.1) is 5.10 Å². The molecule has 2 aromatic rings. The fraction of sp³-hybridized carbons (Fsp3) is 0.231. The molecule has 0 spiro atoms. The van der Waals surface area contributed by atoms with E-state index in [0.717, 1.165) is 18.7 Å². The smallest absolute Gasteiger partial charge is 0.260 e. The van der Waals surface area contributed by atoms with Crippen molar-refractivity contribution in [2.75, 3.05) is 17.2 Å². The molecule has 0 fully saturated rings. The van der Waals surface area contributed by atoms with Crippen LogP contribution in [0, 0.1) is 5.82 Å². The SMILES string of the molecule is CCCNc1ncc(F)cc1C(=O)Nc1cccnn1. The Morgan fingerprint density at radius 1 is 1.45 bits per heavy atom. The first-order valence-corrected chi connectivity index (χ1v) is 6.19. The molecule has 0 bridgehead atoms. The van der Waals surface area contributed by atoms with Gasteiger partial charge in [-0.3, -0.25) is 4.79 Å². The average Bonchev–Trinajstić information content (AvgIpc) is 2.47. The van der Waals surface area contributed by atoms with Crippen LogP contribution in [0.1, 0.15) is 23.7 Å². The molecule has 2 N–H and O–H groups in total. The third-order valence-electron chi connectivity index (χ3n) is 2.46. The van der Waals surface area contributed by atoms with Crippen molar-refractivity contribution in [1.82, 2.24) is 15.2 Å². The second kappa shape index (κ2) is 6.55. The summed E-state index contributed by atoms with van der Waals surface area (Å²) >= 11 is 0. The minimum absolute atomic E-state index is 0.129. The van der Waals surface area contributed by atoms with Crippen LogP contribution in [0.4, 0.5) is 16.0 Å². The molecule has 0 unspecified atom stereocenters. The predicted molar refractivity (Wildman–Crippen MR) is 73.0 cm³/mol. The van der Waals surface area contributed by atoms with Crippen molar-refractivity contribution in [3.05, 3.63) is 42.0 Å². The fourth-order valence-corrected chi connectivity index (χ4v) is 1.55. The van der Waals surface area contributed by atoms with Crippen LogP contribution < -0.4 is 10.6 Å². The number of carbonyl (C=O) groups excluding carboxylic acids is 1. The molecule has 20 heavy (non-hydrogen) atoms. The number of anilines is 2. The first-order chi connectivity index (χ1) is 9.70. The van der Waals surface area contributed by atoms with Crippen molar-refractivity contribution in [3.8, 4) is 0 Å². The predicted octanol–water partition coefficient (Wildman–Crippen LogP) is 2.08. The van der Waals surface area contributed by atoms with Crippen LogP contribution in [0.5, 0.6) is 0 Å². The molecule has 0 aliphatic rings. The van der Waals surface area contributed by atoms with Crippen molar-refractivity contribution >= 4 is 17.5 Å². The van der Waals surface area contributed by atoms with Gasteiger partial charge >= 0.3 is 0 Å². The van der Waals surface area contributed by atoms with E-state index in [2.05, 4.69) is 25.8 Å². The molecule has 2 aromatic heterocycles. The van der Waals surface area contributed by atoms with Gasteiger partial charge in [0.1, 0.15) is 11.6 Å². The maximum Gasteiger partial charge on any atom is 0.260 e. The number of hydrogen-bond donors (Lipinski definition) is 2. The number of rotatable bonds is 5. The van der Waals surface area contributed by atoms with E-state index in [4.69, 9.17) is 0 Å². The topological polar surface area (TPSA) is 79.8 Å². The summed E-state index contributed by atoms with van der Waals surface area (Å²) in [6, 6.07) is 4.37. The number of amides is 1. The number of halogens is 1. The Labute approximate surface area is 115 Å². The van der Waals surface area contributed by atoms with E-state index in [9.17, 15) is 9.18 Å². The highest BCUT2D eigenvalue weighted by atomic mass is 19.1. The number of pyridine rings is 1. The van der Waals surface area contributed by atoms with Crippen LogP contribution in [0.15, 0.2) is 30.6 Å². The van der Waals surface area contributed by atoms with E-state index in [-0.39, 0.29) is 5.56 Å². The van der Waals surface area contributed by atoms with Crippen molar-refractivity contribution in [1.29, 1.82) is 0 Å². The summed E-state index contributed by atoms with van der Waals surface area (Å²) in [5, 5.41) is 12.9. The van der Waals surface area contributed by atoms with Crippen LogP contribution in [0.3, 0.4) is 0 Å². The van der Waals surface area contributed by atoms with Crippen LogP contribution in [-0.4, -0.2) is 27.6 Å². The molecular weight excluding hydrogens is 261 g/mol. The Morgan fingerprint density at radius 2 is 2.30 bits per heavy atom. The summed E-state index contributed by atoms with van der Waals surface area (Å²) in [6.07, 6.45) is 3.43. The van der Waals surface area contributed by atoms with E-state index in [1.807, 2.05) is 6.92 Å². The molecule has 0 aliphatic carbocycles. The van der Waals surface area contributed by atoms with Gasteiger partial charge in [-0.05, 0) is 24.6 Å². The number of nitrogens with zero attached hydrogens (tertiary/aromatic N) is 3. The zero-order chi connectivity index (χ0) is 14.4. The standard InChI is InChI=1S/C13H14FN5O/c1-2-5-15-12-10(7-9(14)8-16-12)13(20)18-11-4-3-6-17-19-11/h3-4,6-8H,2,5H2,1H3,(H,15,16)(H,18,19,20). The van der Waals surface area contributed by atoms with Gasteiger partial charge in [0.25, 0.3) is 5.91 Å². The molecule has 7 heteroatoms. The maximum absolute atomic E-state index is 13.3. The Morgan fingerprint density at radius 3 is 3.00 bits per heavy atom. The molecule has 6 nitrogen and oxygen atoms in total. The Hall–Kier alpha value is -2.57. The van der Waals surface area contributed by atoms with Gasteiger partial charge < -0.3 is 10.6 Å². The molecular formula is C13H14FN5O. The lowest BCUT2D eigenvalue weighted by atomic mass is 10.2. The quantitative estimate of drug-likeness (QED) is 0.873. The van der Waals surface area contributed by atoms with Crippen LogP contribution in [0.2, 0.25) is 0 Å². The first-order valence-electron chi connectivity index (χ1n) is 6.19. The monoisotopic (exact) mass is 275 g/mol. The highest BCUT2D eigenvalue weighted by Gasteiger charge is 2.14. The highest BCUT2D eigenvalue weighted by molar-refractivity contribution is 6.06. The van der Waals surface area contributed by atoms with E-state index in [0.29, 0.717) is 18.2 Å². The zero-order valence-electron chi connectivity index (χ0n) is 10.9. The highest BCUT2D eigenvalue weighted by Crippen LogP contribution is 2.15. The average molecular weight is 275 g/mol. The van der Waals surface area contributed by atoms with Gasteiger partial charge in [0.2, 0.25) is 0 Å². The molecule has 2 heterocycles. The van der Waals surface area contributed by atoms with Crippen LogP contribution >= 0.6 is 0 Å². The number of carbonyl (C=O) groups is 1. The second-order valence-electron chi connectivity index (χ2n) is 4.04. The molecule has 0 radical (unpaired) electrons. The molecule has 104 valence electrons. The van der Waals surface area contributed by atoms with Gasteiger partial charge in [-0.2, -0.15) is 5.10 Å². The maximum atomic E-state index is 13.3. The molecule has 2 rings (SSSR count). The van der Waals surface area contributed by atoms with E-state index in [1.54, 1.807) is 12.1 Å². The summed E-state index contributed by atoms with van der Waals surface area (Å²) in [6.45, 7) is 2.62. The van der Waals surface area contributed by atoms with Gasteiger partial charge in [0.15, 0.2) is 5.82 Å². The Bertz CT molecular complexity index is 591. The van der Waals surface area contributed by atoms with Crippen molar-refractivity contribution in [2.45, 2.75) is 13.3 Å². The number of aromatic nitrogens is 3. The van der Waals surface area contributed by atoms with Gasteiger partial charge in [-0.1, -0.05) is 6.92 Å². The summed E-state index contributed by atoms with van der Waals surface area (Å²) in [7, 11) is 0. The Balaban J connectivity index is 2.21. The molecule has 0 aliphatic heterocycles. The van der Waals surface area contributed by atoms with Gasteiger partial charge in [0.05, 0.1) is 11.8 Å². The molecule has 0 saturated carbocycles. The van der Waals surface area contributed by atoms with Gasteiger partial charge in [-0.25, -0.2) is 9.37 Å². The summed E-state index contributed by atoms with van der Waals surface area (Å²) in [4.78, 5) is 16.0. The molecule has 0 atom stereocenters. The Kier molecular flexibility index (Phi) is 4.54. The number of hydrogen-bond acceptors (Lipinski definition) is 5. The number of nitrogens with one attached hydrogen (secondary N) is 2. The van der Waals surface area contributed by atoms with E-state index < -0.39 is 11.7 Å². The third-order valence-corrected chi connectivity index (χ3v) is 2.46. The lowest BCUT2D eigenvalue weighted by Gasteiger charge is -2.10. The first kappa shape index (κ1) is 13.9. The van der Waals surface area contributed by atoms with Crippen LogP contribution in [-0.2, 0) is 0 Å². The zero-order valence-corrected chi connectivity index (χ0v) is 10.9. The lowest BCUT2D eigenvalue weighted by molar-refractivity contribution is 0.102. The van der Waals surface area contributed by atoms with Crippen molar-refractivity contribution in [2.24, 2.45) is 0 Å². The summed E-state index contributed by atoms with van der Waals surface area (Å²) in [5.41, 5.74) is 0.129. The normalized spacial score (nSPS) is 10.1. The summed E-state index contributed by atoms with van der Waals surface area (Å²) < 4.78 is 13.3. The minimum atomic E-state index is -0.573. The molecule has 0 saturated heterocycles. The van der Waals surface area contributed by atoms with E-state index in [1.165, 1.54) is 6.20 Å². The fourth-order valence-electron chi connectivity index (χ4n) is 1.55. The molecule has 0 aromatic carbocycles. The molecule has 1 amide bonds. The lowest BCUT2D eigenvalue weighted by Crippen LogP contribution is -2.17. The second-order valence-corrected chi connectivity index (χ2v) is 4.04. The third kappa shape index (κ3) is 3.47. The van der Waals surface area contributed by atoms with E-state index >= 15 is 0 Å². The van der Waals surface area contributed by atoms with Gasteiger partial charge in [0, 0.05) is 12.7 Å². The van der Waals surface area contributed by atoms with Crippen molar-refractivity contribution < 1.29 is 9.18 Å². The minimum Gasteiger partial charge on any atom is -0.369 e. The summed E-state index contributed by atoms with van der Waals surface area (Å²) in [5.74, 6) is -0.426. The van der Waals surface area contributed by atoms with Crippen molar-refractivity contribution in [3.63, 3.8) is 0 Å².